The molecule has 0 radical (unpaired) electrons. The van der Waals surface area contributed by atoms with Crippen LogP contribution < -0.4 is 5.73 Å². The van der Waals surface area contributed by atoms with Crippen LogP contribution in [0.4, 0.5) is 13.2 Å². The summed E-state index contributed by atoms with van der Waals surface area (Å²) in [4.78, 5) is 27.1. The van der Waals surface area contributed by atoms with Crippen LogP contribution in [0.5, 0.6) is 0 Å². The van der Waals surface area contributed by atoms with Crippen molar-refractivity contribution in [3.8, 4) is 0 Å². The Balaban J connectivity index is 1.43. The van der Waals surface area contributed by atoms with Gasteiger partial charge in [-0.15, -0.1) is 11.8 Å². The van der Waals surface area contributed by atoms with Gasteiger partial charge in [-0.05, 0) is 52.8 Å². The maximum atomic E-state index is 13.2. The van der Waals surface area contributed by atoms with Gasteiger partial charge in [0, 0.05) is 30.3 Å². The average molecular weight is 517 g/mol. The van der Waals surface area contributed by atoms with Gasteiger partial charge in [0.1, 0.15) is 0 Å². The van der Waals surface area contributed by atoms with Crippen LogP contribution in [0.3, 0.4) is 0 Å². The van der Waals surface area contributed by atoms with Gasteiger partial charge in [0.2, 0.25) is 0 Å². The van der Waals surface area contributed by atoms with Gasteiger partial charge < -0.3 is 15.4 Å². The molecular weight excluding hydrogens is 489 g/mol. The van der Waals surface area contributed by atoms with Gasteiger partial charge in [0.05, 0.1) is 0 Å². The molecule has 0 saturated carbocycles. The second kappa shape index (κ2) is 11.3. The van der Waals surface area contributed by atoms with Crippen LogP contribution in [0.1, 0.15) is 29.9 Å². The van der Waals surface area contributed by atoms with Crippen LogP contribution in [0, 0.1) is 0 Å². The Bertz CT molecular complexity index is 1230. The number of carbonyl (C=O) groups excluding carboxylic acids is 2. The summed E-state index contributed by atoms with van der Waals surface area (Å²) < 4.78 is 43.5. The van der Waals surface area contributed by atoms with Gasteiger partial charge >= 0.3 is 12.1 Å². The van der Waals surface area contributed by atoms with E-state index < -0.39 is 24.2 Å². The molecule has 1 amide bonds. The number of ether oxygens (including phenoxy) is 1. The lowest BCUT2D eigenvalue weighted by Gasteiger charge is -2.34. The molecule has 0 aliphatic carbocycles. The van der Waals surface area contributed by atoms with Crippen LogP contribution in [0.25, 0.3) is 10.8 Å². The van der Waals surface area contributed by atoms with Gasteiger partial charge in [-0.2, -0.15) is 13.2 Å². The Morgan fingerprint density at radius 2 is 1.72 bits per heavy atom. The van der Waals surface area contributed by atoms with Crippen molar-refractivity contribution >= 4 is 34.4 Å². The first-order valence-corrected chi connectivity index (χ1v) is 12.7. The minimum Gasteiger partial charge on any atom is -0.445 e. The molecule has 190 valence electrons. The number of hydrogen-bond acceptors (Lipinski definition) is 5. The molecule has 9 heteroatoms. The van der Waals surface area contributed by atoms with Gasteiger partial charge in [0.25, 0.3) is 5.91 Å². The topological polar surface area (TPSA) is 72.6 Å². The number of likely N-dealkylation sites (tertiary alicyclic amines) is 1. The first-order valence-electron chi connectivity index (χ1n) is 11.7. The van der Waals surface area contributed by atoms with Gasteiger partial charge in [-0.1, -0.05) is 54.6 Å². The van der Waals surface area contributed by atoms with Crippen molar-refractivity contribution in [3.05, 3.63) is 77.9 Å². The Hall–Kier alpha value is -3.04. The van der Waals surface area contributed by atoms with Crippen molar-refractivity contribution in [3.63, 3.8) is 0 Å². The lowest BCUT2D eigenvalue weighted by atomic mass is 9.88. The minimum atomic E-state index is -5.17. The molecule has 1 unspecified atom stereocenters. The highest BCUT2D eigenvalue weighted by Crippen LogP contribution is 2.31. The van der Waals surface area contributed by atoms with E-state index in [0.29, 0.717) is 32.5 Å². The fourth-order valence-corrected chi connectivity index (χ4v) is 5.32. The van der Waals surface area contributed by atoms with E-state index in [1.165, 1.54) is 16.7 Å². The summed E-state index contributed by atoms with van der Waals surface area (Å²) in [5.74, 6) is -2.84. The van der Waals surface area contributed by atoms with E-state index >= 15 is 0 Å². The zero-order valence-electron chi connectivity index (χ0n) is 19.5. The van der Waals surface area contributed by atoms with Gasteiger partial charge in [-0.25, -0.2) is 4.79 Å². The number of nitrogens with two attached hydrogens (primary N) is 1. The maximum Gasteiger partial charge on any atom is 0.490 e. The van der Waals surface area contributed by atoms with E-state index in [0.717, 1.165) is 26.8 Å². The fraction of sp³-hybridized carbons (Fsp3) is 0.333. The molecule has 1 heterocycles. The standard InChI is InChI=1S/C27H27F3N2O3S/c28-27(29,30)26(34)35-24(17-36-23-9-8-19-5-1-2-6-22(19)15-23)25(33)32-12-10-20(11-13-32)21-7-3-4-18(14-21)16-31/h1-9,14-15,20,24H,10-13,16-17,31H2. The second-order valence-corrected chi connectivity index (χ2v) is 9.85. The number of hydrogen-bond donors (Lipinski definition) is 1. The molecule has 1 fully saturated rings. The summed E-state index contributed by atoms with van der Waals surface area (Å²) >= 11 is 1.19. The van der Waals surface area contributed by atoms with Crippen LogP contribution >= 0.6 is 11.8 Å². The van der Waals surface area contributed by atoms with E-state index in [4.69, 9.17) is 10.5 Å². The molecule has 36 heavy (non-hydrogen) atoms. The zero-order valence-corrected chi connectivity index (χ0v) is 20.4. The number of piperidine rings is 1. The summed E-state index contributed by atoms with van der Waals surface area (Å²) in [6, 6.07) is 21.3. The largest absolute Gasteiger partial charge is 0.490 e. The minimum absolute atomic E-state index is 0.114. The van der Waals surface area contributed by atoms with Crippen molar-refractivity contribution < 1.29 is 27.5 Å². The summed E-state index contributed by atoms with van der Waals surface area (Å²) in [7, 11) is 0. The number of amides is 1. The molecular formula is C27H27F3N2O3S. The SMILES string of the molecule is NCc1cccc(C2CCN(C(=O)C(CSc3ccc4ccccc4c3)OC(=O)C(F)(F)F)CC2)c1. The summed E-state index contributed by atoms with van der Waals surface area (Å²) in [5.41, 5.74) is 7.90. The number of nitrogens with zero attached hydrogens (tertiary/aromatic N) is 1. The highest BCUT2D eigenvalue weighted by molar-refractivity contribution is 7.99. The van der Waals surface area contributed by atoms with E-state index in [2.05, 4.69) is 6.07 Å². The smallest absolute Gasteiger partial charge is 0.445 e. The van der Waals surface area contributed by atoms with Crippen LogP contribution in [0.2, 0.25) is 0 Å². The molecule has 4 rings (SSSR count). The van der Waals surface area contributed by atoms with Gasteiger partial charge in [0.15, 0.2) is 6.10 Å². The summed E-state index contributed by atoms with van der Waals surface area (Å²) in [5, 5.41) is 2.00. The molecule has 1 atom stereocenters. The zero-order chi connectivity index (χ0) is 25.7. The number of benzene rings is 3. The van der Waals surface area contributed by atoms with Crippen LogP contribution in [-0.2, 0) is 20.9 Å². The number of halogens is 3. The number of alkyl halides is 3. The molecule has 0 bridgehead atoms. The van der Waals surface area contributed by atoms with Crippen molar-refractivity contribution in [1.82, 2.24) is 4.90 Å². The fourth-order valence-electron chi connectivity index (χ4n) is 4.39. The number of fused-ring (bicyclic) bond motifs is 1. The normalized spacial score (nSPS) is 15.6. The molecule has 0 spiro atoms. The quantitative estimate of drug-likeness (QED) is 0.342. The Morgan fingerprint density at radius 3 is 2.42 bits per heavy atom. The predicted molar refractivity (Wildman–Crippen MR) is 133 cm³/mol. The first-order chi connectivity index (χ1) is 17.2. The summed E-state index contributed by atoms with van der Waals surface area (Å²) in [6.45, 7) is 1.18. The molecule has 2 N–H and O–H groups in total. The number of thioether (sulfide) groups is 1. The van der Waals surface area contributed by atoms with Crippen molar-refractivity contribution in [2.45, 2.75) is 42.5 Å². The first kappa shape index (κ1) is 26.0. The Labute approximate surface area is 211 Å². The molecule has 1 aliphatic heterocycles. The summed E-state index contributed by atoms with van der Waals surface area (Å²) in [6.07, 6.45) is -5.38. The van der Waals surface area contributed by atoms with E-state index in [-0.39, 0.29) is 11.7 Å². The van der Waals surface area contributed by atoms with E-state index in [9.17, 15) is 22.8 Å². The Kier molecular flexibility index (Phi) is 8.21. The number of rotatable bonds is 7. The third-order valence-corrected chi connectivity index (χ3v) is 7.40. The monoisotopic (exact) mass is 516 g/mol. The maximum absolute atomic E-state index is 13.2. The average Bonchev–Trinajstić information content (AvgIpc) is 2.90. The predicted octanol–water partition coefficient (Wildman–Crippen LogP) is 5.27. The third-order valence-electron chi connectivity index (χ3n) is 6.34. The molecule has 3 aromatic carbocycles. The second-order valence-electron chi connectivity index (χ2n) is 8.76. The van der Waals surface area contributed by atoms with Crippen LogP contribution in [-0.4, -0.2) is 47.9 Å². The van der Waals surface area contributed by atoms with E-state index in [1.54, 1.807) is 0 Å². The van der Waals surface area contributed by atoms with Crippen LogP contribution in [0.15, 0.2) is 71.6 Å². The lowest BCUT2D eigenvalue weighted by Crippen LogP contribution is -2.47. The van der Waals surface area contributed by atoms with Gasteiger partial charge in [-0.3, -0.25) is 4.79 Å². The molecule has 0 aromatic heterocycles. The van der Waals surface area contributed by atoms with E-state index in [1.807, 2.05) is 60.7 Å². The van der Waals surface area contributed by atoms with Crippen molar-refractivity contribution in [2.75, 3.05) is 18.8 Å². The number of carbonyl (C=O) groups is 2. The van der Waals surface area contributed by atoms with Crippen molar-refractivity contribution in [2.24, 2.45) is 5.73 Å². The third kappa shape index (κ3) is 6.39. The highest BCUT2D eigenvalue weighted by Gasteiger charge is 2.44. The highest BCUT2D eigenvalue weighted by atomic mass is 32.2. The Morgan fingerprint density at radius 1 is 1.00 bits per heavy atom. The molecule has 1 saturated heterocycles. The van der Waals surface area contributed by atoms with Crippen molar-refractivity contribution in [1.29, 1.82) is 0 Å². The molecule has 1 aliphatic rings. The molecule has 3 aromatic rings. The molecule has 5 nitrogen and oxygen atoms in total. The lowest BCUT2D eigenvalue weighted by molar-refractivity contribution is -0.205. The number of esters is 1.